The predicted molar refractivity (Wildman–Crippen MR) is 211 cm³/mol. The smallest absolute Gasteiger partial charge is 0.410 e. The lowest BCUT2D eigenvalue weighted by atomic mass is 9.72. The van der Waals surface area contributed by atoms with Gasteiger partial charge in [0, 0.05) is 12.1 Å². The Kier molecular flexibility index (Phi) is 13.8. The summed E-state index contributed by atoms with van der Waals surface area (Å²) in [7, 11) is 3.13. The van der Waals surface area contributed by atoms with Gasteiger partial charge in [0.25, 0.3) is 5.91 Å². The molecule has 1 saturated heterocycles. The van der Waals surface area contributed by atoms with Crippen LogP contribution in [0.5, 0.6) is 17.2 Å². The van der Waals surface area contributed by atoms with Gasteiger partial charge in [0.1, 0.15) is 24.4 Å². The maximum atomic E-state index is 14.5. The molecule has 0 N–H and O–H groups in total. The molecule has 0 unspecified atom stereocenters. The fourth-order valence-electron chi connectivity index (χ4n) is 6.59. The van der Waals surface area contributed by atoms with E-state index in [2.05, 4.69) is 27.7 Å². The Morgan fingerprint density at radius 3 is 2.11 bits per heavy atom. The standard InChI is InChI=1S/C42H58N2O9Si/c1-26(2)42(8,9)32-20-19-31(27(3)28(32)4)38(45)44(53-54)33-24-43(40(47)52-41(5,6)7)21-15-18-34(33)51-39(46)30-22-35(48-10)37(36(23-30)49-11)50-25-29-16-13-12-14-17-29/h12-14,16-17,19-20,22-23,26,33-34H,15,18,21,24-25H2,1-11,54H3/t33-,34-/m1/s1. The molecule has 12 heteroatoms. The molecule has 0 saturated carbocycles. The van der Waals surface area contributed by atoms with Crippen LogP contribution in [0.2, 0.25) is 0 Å². The van der Waals surface area contributed by atoms with E-state index in [1.54, 1.807) is 37.8 Å². The van der Waals surface area contributed by atoms with E-state index in [4.69, 9.17) is 28.2 Å². The first kappa shape index (κ1) is 42.2. The van der Waals surface area contributed by atoms with Crippen molar-refractivity contribution in [2.75, 3.05) is 27.3 Å². The first-order valence-corrected chi connectivity index (χ1v) is 19.3. The Bertz CT molecular complexity index is 1760. The summed E-state index contributed by atoms with van der Waals surface area (Å²) in [6.45, 7) is 18.8. The molecule has 4 rings (SSSR count). The highest BCUT2D eigenvalue weighted by molar-refractivity contribution is 6.01. The molecule has 11 nitrogen and oxygen atoms in total. The predicted octanol–water partition coefficient (Wildman–Crippen LogP) is 7.11. The molecule has 0 spiro atoms. The Labute approximate surface area is 323 Å². The van der Waals surface area contributed by atoms with E-state index >= 15 is 0 Å². The van der Waals surface area contributed by atoms with E-state index in [-0.39, 0.29) is 40.5 Å². The number of amides is 2. The molecule has 2 amide bonds. The molecule has 0 radical (unpaired) electrons. The van der Waals surface area contributed by atoms with Gasteiger partial charge in [-0.2, -0.15) is 0 Å². The third-order valence-corrected chi connectivity index (χ3v) is 10.8. The molecule has 0 bridgehead atoms. The SMILES string of the molecule is COc1cc(C(=O)O[C@@H]2CCCN(C(=O)OC(C)(C)C)C[C@H]2N(O[SiH3])C(=O)c2ccc(C(C)(C)C(C)C)c(C)c2C)cc(OC)c1OCc1ccccc1. The van der Waals surface area contributed by atoms with Gasteiger partial charge in [-0.1, -0.05) is 64.1 Å². The molecule has 2 atom stereocenters. The Balaban J connectivity index is 1.70. The van der Waals surface area contributed by atoms with Gasteiger partial charge in [-0.15, -0.1) is 0 Å². The van der Waals surface area contributed by atoms with Crippen molar-refractivity contribution in [2.45, 2.75) is 105 Å². The van der Waals surface area contributed by atoms with Crippen molar-refractivity contribution in [1.29, 1.82) is 0 Å². The van der Waals surface area contributed by atoms with Crippen LogP contribution in [-0.4, -0.2) is 83.5 Å². The number of benzene rings is 3. The van der Waals surface area contributed by atoms with E-state index in [0.717, 1.165) is 16.7 Å². The van der Waals surface area contributed by atoms with Crippen LogP contribution in [0.4, 0.5) is 4.79 Å². The number of likely N-dealkylation sites (tertiary alicyclic amines) is 1. The molecule has 3 aromatic rings. The van der Waals surface area contributed by atoms with Crippen LogP contribution in [-0.2, 0) is 26.0 Å². The van der Waals surface area contributed by atoms with Gasteiger partial charge in [0.05, 0.1) is 26.3 Å². The van der Waals surface area contributed by atoms with E-state index in [1.165, 1.54) is 24.8 Å². The van der Waals surface area contributed by atoms with Crippen molar-refractivity contribution in [3.8, 4) is 17.2 Å². The van der Waals surface area contributed by atoms with Gasteiger partial charge in [-0.3, -0.25) is 4.79 Å². The van der Waals surface area contributed by atoms with Crippen LogP contribution in [0.25, 0.3) is 0 Å². The highest BCUT2D eigenvalue weighted by atomic mass is 28.2. The molecular formula is C42H58N2O9Si. The quantitative estimate of drug-likeness (QED) is 0.108. The number of hydrogen-bond acceptors (Lipinski definition) is 9. The number of ether oxygens (including phenoxy) is 5. The number of carbonyl (C=O) groups is 3. The number of methoxy groups -OCH3 is 2. The third-order valence-electron chi connectivity index (χ3n) is 10.4. The number of hydrogen-bond donors (Lipinski definition) is 0. The highest BCUT2D eigenvalue weighted by Crippen LogP contribution is 2.40. The second-order valence-electron chi connectivity index (χ2n) is 15.7. The summed E-state index contributed by atoms with van der Waals surface area (Å²) < 4.78 is 35.3. The number of esters is 1. The zero-order valence-electron chi connectivity index (χ0n) is 34.0. The summed E-state index contributed by atoms with van der Waals surface area (Å²) >= 11 is 0. The van der Waals surface area contributed by atoms with Gasteiger partial charge in [0.2, 0.25) is 5.75 Å². The summed E-state index contributed by atoms with van der Waals surface area (Å²) in [6, 6.07) is 15.8. The van der Waals surface area contributed by atoms with Gasteiger partial charge in [0.15, 0.2) is 22.0 Å². The van der Waals surface area contributed by atoms with Crippen LogP contribution in [0, 0.1) is 19.8 Å². The second-order valence-corrected chi connectivity index (χ2v) is 16.0. The van der Waals surface area contributed by atoms with Gasteiger partial charge < -0.3 is 33.1 Å². The molecule has 1 aliphatic heterocycles. The first-order chi connectivity index (χ1) is 25.4. The monoisotopic (exact) mass is 762 g/mol. The lowest BCUT2D eigenvalue weighted by molar-refractivity contribution is -0.0992. The molecule has 0 aromatic heterocycles. The summed E-state index contributed by atoms with van der Waals surface area (Å²) in [5, 5.41) is 1.30. The molecule has 1 aliphatic rings. The molecule has 294 valence electrons. The van der Waals surface area contributed by atoms with Crippen LogP contribution in [0.3, 0.4) is 0 Å². The fraction of sp³-hybridized carbons (Fsp3) is 0.500. The largest absolute Gasteiger partial charge is 0.493 e. The Morgan fingerprint density at radius 2 is 1.56 bits per heavy atom. The fourth-order valence-corrected chi connectivity index (χ4v) is 7.03. The maximum absolute atomic E-state index is 14.5. The lowest BCUT2D eigenvalue weighted by Crippen LogP contribution is -2.53. The summed E-state index contributed by atoms with van der Waals surface area (Å²) in [4.78, 5) is 43.5. The number of nitrogens with zero attached hydrogens (tertiary/aromatic N) is 2. The van der Waals surface area contributed by atoms with Crippen molar-refractivity contribution in [3.63, 3.8) is 0 Å². The van der Waals surface area contributed by atoms with E-state index < -0.39 is 29.8 Å². The van der Waals surface area contributed by atoms with Gasteiger partial charge in [-0.05, 0) is 99.2 Å². The minimum absolute atomic E-state index is 0.0240. The molecule has 54 heavy (non-hydrogen) atoms. The minimum atomic E-state index is -0.849. The minimum Gasteiger partial charge on any atom is -0.493 e. The molecule has 1 heterocycles. The van der Waals surface area contributed by atoms with Crippen molar-refractivity contribution < 1.29 is 42.6 Å². The normalized spacial score (nSPS) is 16.4. The lowest BCUT2D eigenvalue weighted by Gasteiger charge is -2.37. The Hall–Kier alpha value is -4.55. The number of hydroxylamine groups is 2. The van der Waals surface area contributed by atoms with Gasteiger partial charge >= 0.3 is 12.1 Å². The highest BCUT2D eigenvalue weighted by Gasteiger charge is 2.41. The summed E-state index contributed by atoms with van der Waals surface area (Å²) in [5.41, 5.74) is 3.80. The van der Waals surface area contributed by atoms with Crippen LogP contribution < -0.4 is 14.2 Å². The third kappa shape index (κ3) is 9.75. The zero-order valence-corrected chi connectivity index (χ0v) is 36.0. The molecule has 3 aromatic carbocycles. The topological polar surface area (TPSA) is 113 Å². The second kappa shape index (κ2) is 17.7. The molecule has 1 fully saturated rings. The number of carbonyl (C=O) groups excluding carboxylic acids is 3. The van der Waals surface area contributed by atoms with Crippen molar-refractivity contribution in [3.05, 3.63) is 88.0 Å². The van der Waals surface area contributed by atoms with Crippen LogP contribution >= 0.6 is 0 Å². The van der Waals surface area contributed by atoms with Crippen molar-refractivity contribution in [1.82, 2.24) is 9.96 Å². The summed E-state index contributed by atoms with van der Waals surface area (Å²) in [5.74, 6) is 0.266. The zero-order chi connectivity index (χ0) is 40.0. The van der Waals surface area contributed by atoms with Crippen molar-refractivity contribution in [2.24, 2.45) is 5.92 Å². The number of rotatable bonds is 12. The first-order valence-electron chi connectivity index (χ1n) is 18.5. The van der Waals surface area contributed by atoms with Crippen LogP contribution in [0.15, 0.2) is 54.6 Å². The average Bonchev–Trinajstić information content (AvgIpc) is 3.33. The van der Waals surface area contributed by atoms with Crippen molar-refractivity contribution >= 4 is 28.5 Å². The van der Waals surface area contributed by atoms with E-state index in [9.17, 15) is 14.4 Å². The summed E-state index contributed by atoms with van der Waals surface area (Å²) in [6.07, 6.45) is -0.508. The Morgan fingerprint density at radius 1 is 0.926 bits per heavy atom. The molecule has 0 aliphatic carbocycles. The maximum Gasteiger partial charge on any atom is 0.410 e. The van der Waals surface area contributed by atoms with E-state index in [1.807, 2.05) is 56.3 Å². The van der Waals surface area contributed by atoms with E-state index in [0.29, 0.717) is 48.1 Å². The molecular weight excluding hydrogens is 705 g/mol. The van der Waals surface area contributed by atoms with Gasteiger partial charge in [-0.25, -0.2) is 14.7 Å². The average molecular weight is 763 g/mol. The van der Waals surface area contributed by atoms with Crippen LogP contribution in [0.1, 0.15) is 104 Å².